The number of likely N-dealkylation sites (N-methyl/N-ethyl adjacent to an activating group) is 1. The highest BCUT2D eigenvalue weighted by Crippen LogP contribution is 2.17. The summed E-state index contributed by atoms with van der Waals surface area (Å²) < 4.78 is 23.0. The largest absolute Gasteiger partial charge is 0.335 e. The Morgan fingerprint density at radius 1 is 1.33 bits per heavy atom. The highest BCUT2D eigenvalue weighted by atomic mass is 35.5. The molecule has 0 atom stereocenters. The predicted octanol–water partition coefficient (Wildman–Crippen LogP) is 0.311. The second-order valence-electron chi connectivity index (χ2n) is 4.85. The minimum Gasteiger partial charge on any atom is -0.335 e. The van der Waals surface area contributed by atoms with Crippen molar-refractivity contribution < 1.29 is 13.2 Å². The molecule has 2 heterocycles. The van der Waals surface area contributed by atoms with Gasteiger partial charge < -0.3 is 9.80 Å². The molecule has 2 rings (SSSR count). The van der Waals surface area contributed by atoms with Crippen LogP contribution in [-0.2, 0) is 9.84 Å². The quantitative estimate of drug-likeness (QED) is 0.741. The lowest BCUT2D eigenvalue weighted by atomic mass is 10.2. The maximum Gasteiger partial charge on any atom is 0.274 e. The van der Waals surface area contributed by atoms with Crippen LogP contribution >= 0.6 is 11.6 Å². The number of nitrogens with zero attached hydrogens (tertiary/aromatic N) is 4. The van der Waals surface area contributed by atoms with Crippen molar-refractivity contribution in [1.29, 1.82) is 0 Å². The lowest BCUT2D eigenvalue weighted by molar-refractivity contribution is 0.0636. The molecule has 116 valence electrons. The van der Waals surface area contributed by atoms with Crippen LogP contribution in [0.25, 0.3) is 0 Å². The zero-order valence-electron chi connectivity index (χ0n) is 11.9. The number of piperazine rings is 1. The van der Waals surface area contributed by atoms with Gasteiger partial charge in [0.15, 0.2) is 5.69 Å². The zero-order valence-corrected chi connectivity index (χ0v) is 13.5. The summed E-state index contributed by atoms with van der Waals surface area (Å²) in [5.41, 5.74) is -0.0583. The minimum atomic E-state index is -3.58. The van der Waals surface area contributed by atoms with Gasteiger partial charge in [0, 0.05) is 32.4 Å². The highest BCUT2D eigenvalue weighted by Gasteiger charge is 2.26. The van der Waals surface area contributed by atoms with Crippen molar-refractivity contribution >= 4 is 27.3 Å². The smallest absolute Gasteiger partial charge is 0.274 e. The molecule has 0 bridgehead atoms. The Morgan fingerprint density at radius 3 is 2.48 bits per heavy atom. The van der Waals surface area contributed by atoms with Crippen molar-refractivity contribution in [2.24, 2.45) is 0 Å². The fraction of sp³-hybridized carbons (Fsp3) is 0.583. The molecule has 1 aromatic heterocycles. The molecule has 0 radical (unpaired) electrons. The Bertz CT molecular complexity index is 642. The third-order valence-corrected chi connectivity index (χ3v) is 4.50. The van der Waals surface area contributed by atoms with Crippen molar-refractivity contribution in [2.75, 3.05) is 39.0 Å². The fourth-order valence-electron chi connectivity index (χ4n) is 2.10. The van der Waals surface area contributed by atoms with Crippen molar-refractivity contribution in [1.82, 2.24) is 19.8 Å². The normalized spacial score (nSPS) is 17.0. The first kappa shape index (κ1) is 16.1. The van der Waals surface area contributed by atoms with E-state index in [2.05, 4.69) is 21.8 Å². The van der Waals surface area contributed by atoms with Crippen LogP contribution in [0.3, 0.4) is 0 Å². The van der Waals surface area contributed by atoms with E-state index in [1.54, 1.807) is 4.90 Å². The van der Waals surface area contributed by atoms with Gasteiger partial charge in [-0.3, -0.25) is 4.79 Å². The number of carbonyl (C=O) groups is 1. The Balaban J connectivity index is 2.23. The molecule has 21 heavy (non-hydrogen) atoms. The summed E-state index contributed by atoms with van der Waals surface area (Å²) in [6.45, 7) is 5.71. The maximum atomic E-state index is 12.4. The Kier molecular flexibility index (Phi) is 4.80. The average molecular weight is 333 g/mol. The van der Waals surface area contributed by atoms with Gasteiger partial charge in [0.2, 0.25) is 15.0 Å². The summed E-state index contributed by atoms with van der Waals surface area (Å²) in [5.74, 6) is -0.358. The van der Waals surface area contributed by atoms with Crippen LogP contribution in [0.5, 0.6) is 0 Å². The maximum absolute atomic E-state index is 12.4. The summed E-state index contributed by atoms with van der Waals surface area (Å²) in [7, 11) is -3.58. The van der Waals surface area contributed by atoms with Crippen LogP contribution in [0.2, 0.25) is 5.02 Å². The molecule has 0 aromatic carbocycles. The summed E-state index contributed by atoms with van der Waals surface area (Å²) in [5, 5.41) is -0.326. The fourth-order valence-corrected chi connectivity index (χ4v) is 2.77. The standard InChI is InChI=1S/C12H17ClN4O3S/c1-3-16-4-6-17(7-5-16)11(18)10-9(13)8-14-12(15-10)21(2,19)20/h8H,3-7H2,1-2H3. The molecule has 7 nitrogen and oxygen atoms in total. The first-order valence-corrected chi connectivity index (χ1v) is 8.84. The van der Waals surface area contributed by atoms with Gasteiger partial charge in [-0.1, -0.05) is 18.5 Å². The van der Waals surface area contributed by atoms with Crippen LogP contribution in [0.4, 0.5) is 0 Å². The van der Waals surface area contributed by atoms with Crippen LogP contribution in [-0.4, -0.2) is 73.1 Å². The lowest BCUT2D eigenvalue weighted by Crippen LogP contribution is -2.48. The number of sulfone groups is 1. The van der Waals surface area contributed by atoms with Gasteiger partial charge in [-0.05, 0) is 6.54 Å². The molecule has 0 N–H and O–H groups in total. The molecule has 0 aliphatic carbocycles. The lowest BCUT2D eigenvalue weighted by Gasteiger charge is -2.33. The van der Waals surface area contributed by atoms with E-state index in [1.807, 2.05) is 0 Å². The van der Waals surface area contributed by atoms with Crippen LogP contribution in [0, 0.1) is 0 Å². The third-order valence-electron chi connectivity index (χ3n) is 3.36. The number of carbonyl (C=O) groups excluding carboxylic acids is 1. The van der Waals surface area contributed by atoms with E-state index in [0.717, 1.165) is 32.1 Å². The van der Waals surface area contributed by atoms with Gasteiger partial charge in [0.05, 0.1) is 11.2 Å². The van der Waals surface area contributed by atoms with Gasteiger partial charge in [0.1, 0.15) is 0 Å². The van der Waals surface area contributed by atoms with E-state index in [-0.39, 0.29) is 21.8 Å². The number of hydrogen-bond acceptors (Lipinski definition) is 6. The van der Waals surface area contributed by atoms with E-state index in [1.165, 1.54) is 0 Å². The van der Waals surface area contributed by atoms with Crippen LogP contribution < -0.4 is 0 Å². The summed E-state index contributed by atoms with van der Waals surface area (Å²) in [6, 6.07) is 0. The van der Waals surface area contributed by atoms with E-state index >= 15 is 0 Å². The molecule has 9 heteroatoms. The number of hydrogen-bond donors (Lipinski definition) is 0. The first-order chi connectivity index (χ1) is 9.82. The zero-order chi connectivity index (χ0) is 15.6. The van der Waals surface area contributed by atoms with E-state index in [0.29, 0.717) is 13.1 Å². The molecule has 0 saturated carbocycles. The molecule has 0 spiro atoms. The molecule has 1 aliphatic heterocycles. The van der Waals surface area contributed by atoms with E-state index < -0.39 is 9.84 Å². The second-order valence-corrected chi connectivity index (χ2v) is 7.16. The molecular formula is C12H17ClN4O3S. The number of aromatic nitrogens is 2. The number of rotatable bonds is 3. The predicted molar refractivity (Wildman–Crippen MR) is 78.2 cm³/mol. The van der Waals surface area contributed by atoms with Gasteiger partial charge in [-0.25, -0.2) is 18.4 Å². The summed E-state index contributed by atoms with van der Waals surface area (Å²) in [4.78, 5) is 23.8. The van der Waals surface area contributed by atoms with E-state index in [9.17, 15) is 13.2 Å². The van der Waals surface area contributed by atoms with Crippen molar-refractivity contribution in [3.63, 3.8) is 0 Å². The first-order valence-electron chi connectivity index (χ1n) is 6.57. The monoisotopic (exact) mass is 332 g/mol. The summed E-state index contributed by atoms with van der Waals surface area (Å²) in [6.07, 6.45) is 2.14. The van der Waals surface area contributed by atoms with Crippen molar-refractivity contribution in [3.8, 4) is 0 Å². The van der Waals surface area contributed by atoms with Crippen LogP contribution in [0.15, 0.2) is 11.4 Å². The topological polar surface area (TPSA) is 83.5 Å². The number of halogens is 1. The van der Waals surface area contributed by atoms with E-state index in [4.69, 9.17) is 11.6 Å². The second kappa shape index (κ2) is 6.25. The van der Waals surface area contributed by atoms with Crippen LogP contribution in [0.1, 0.15) is 17.4 Å². The SMILES string of the molecule is CCN1CCN(C(=O)c2nc(S(C)(=O)=O)ncc2Cl)CC1. The third kappa shape index (κ3) is 3.69. The molecule has 1 aromatic rings. The van der Waals surface area contributed by atoms with Crippen molar-refractivity contribution in [3.05, 3.63) is 16.9 Å². The molecule has 1 fully saturated rings. The Labute approximate surface area is 128 Å². The minimum absolute atomic E-state index is 0.0583. The molecular weight excluding hydrogens is 316 g/mol. The molecule has 0 unspecified atom stereocenters. The van der Waals surface area contributed by atoms with Gasteiger partial charge in [-0.2, -0.15) is 0 Å². The Morgan fingerprint density at radius 2 is 1.95 bits per heavy atom. The molecule has 1 saturated heterocycles. The Hall–Kier alpha value is -1.25. The highest BCUT2D eigenvalue weighted by molar-refractivity contribution is 7.90. The van der Waals surface area contributed by atoms with Crippen molar-refractivity contribution in [2.45, 2.75) is 12.1 Å². The molecule has 1 amide bonds. The van der Waals surface area contributed by atoms with Gasteiger partial charge in [0.25, 0.3) is 5.91 Å². The van der Waals surface area contributed by atoms with Gasteiger partial charge >= 0.3 is 0 Å². The molecule has 1 aliphatic rings. The van der Waals surface area contributed by atoms with Gasteiger partial charge in [-0.15, -0.1) is 0 Å². The summed E-state index contributed by atoms with van der Waals surface area (Å²) >= 11 is 5.94. The average Bonchev–Trinajstić information content (AvgIpc) is 2.46. The number of amides is 1.